The highest BCUT2D eigenvalue weighted by Crippen LogP contribution is 2.43. The van der Waals surface area contributed by atoms with Crippen molar-refractivity contribution in [3.63, 3.8) is 0 Å². The fourth-order valence-electron chi connectivity index (χ4n) is 7.75. The number of fused-ring (bicyclic) bond motifs is 6. The summed E-state index contributed by atoms with van der Waals surface area (Å²) in [7, 11) is 0. The van der Waals surface area contributed by atoms with Crippen LogP contribution in [0.2, 0.25) is 0 Å². The summed E-state index contributed by atoms with van der Waals surface area (Å²) in [5.74, 6) is 0. The highest BCUT2D eigenvalue weighted by molar-refractivity contribution is 7.26. The van der Waals surface area contributed by atoms with Gasteiger partial charge in [0.2, 0.25) is 0 Å². The smallest absolute Gasteiger partial charge is 0.0540 e. The zero-order valence-electron chi connectivity index (χ0n) is 28.4. The van der Waals surface area contributed by atoms with Crippen molar-refractivity contribution in [3.8, 4) is 33.4 Å². The number of rotatable bonds is 6. The van der Waals surface area contributed by atoms with E-state index in [1.54, 1.807) is 0 Å². The molecule has 10 rings (SSSR count). The molecular formula is C50H33NS. The molecule has 244 valence electrons. The fraction of sp³-hybridized carbons (Fsp3) is 0. The first-order chi connectivity index (χ1) is 25.8. The van der Waals surface area contributed by atoms with Crippen LogP contribution >= 0.6 is 11.3 Å². The van der Waals surface area contributed by atoms with E-state index in [0.29, 0.717) is 0 Å². The minimum absolute atomic E-state index is 1.11. The van der Waals surface area contributed by atoms with Gasteiger partial charge in [-0.2, -0.15) is 0 Å². The molecule has 1 nitrogen and oxygen atoms in total. The SMILES string of the molecule is c1ccc(-c2ccccc2N(c2ccc(-c3ccc4ccc5sc6ccccc6c5c4c3)cc2)c2ccc(-c3cccc4ccccc34)cc2)cc1. The lowest BCUT2D eigenvalue weighted by Gasteiger charge is -2.28. The Labute approximate surface area is 307 Å². The average molecular weight is 680 g/mol. The molecule has 1 aromatic heterocycles. The molecule has 0 bridgehead atoms. The van der Waals surface area contributed by atoms with Gasteiger partial charge in [-0.25, -0.2) is 0 Å². The first-order valence-electron chi connectivity index (χ1n) is 17.8. The number of hydrogen-bond donors (Lipinski definition) is 0. The van der Waals surface area contributed by atoms with Gasteiger partial charge in [-0.15, -0.1) is 11.3 Å². The molecule has 0 amide bonds. The second kappa shape index (κ2) is 12.7. The quantitative estimate of drug-likeness (QED) is 0.169. The summed E-state index contributed by atoms with van der Waals surface area (Å²) in [6.45, 7) is 0. The number of anilines is 3. The van der Waals surface area contributed by atoms with Crippen molar-refractivity contribution in [2.75, 3.05) is 4.90 Å². The zero-order valence-corrected chi connectivity index (χ0v) is 29.2. The van der Waals surface area contributed by atoms with Gasteiger partial charge in [0.05, 0.1) is 5.69 Å². The molecule has 52 heavy (non-hydrogen) atoms. The van der Waals surface area contributed by atoms with Gasteiger partial charge in [0.25, 0.3) is 0 Å². The molecule has 0 atom stereocenters. The van der Waals surface area contributed by atoms with Gasteiger partial charge in [0.1, 0.15) is 0 Å². The second-order valence-electron chi connectivity index (χ2n) is 13.3. The van der Waals surface area contributed by atoms with Crippen LogP contribution < -0.4 is 4.90 Å². The van der Waals surface area contributed by atoms with Crippen LogP contribution in [-0.2, 0) is 0 Å². The molecule has 0 saturated carbocycles. The first kappa shape index (κ1) is 30.4. The third kappa shape index (κ3) is 5.24. The Bertz CT molecular complexity index is 2880. The Balaban J connectivity index is 1.09. The third-order valence-corrected chi connectivity index (χ3v) is 11.4. The number of thiophene rings is 1. The largest absolute Gasteiger partial charge is 0.310 e. The third-order valence-electron chi connectivity index (χ3n) is 10.3. The van der Waals surface area contributed by atoms with E-state index >= 15 is 0 Å². The lowest BCUT2D eigenvalue weighted by molar-refractivity contribution is 1.28. The van der Waals surface area contributed by atoms with Crippen molar-refractivity contribution in [1.29, 1.82) is 0 Å². The Morgan fingerprint density at radius 2 is 0.904 bits per heavy atom. The van der Waals surface area contributed by atoms with Crippen LogP contribution in [0.5, 0.6) is 0 Å². The number of nitrogens with zero attached hydrogens (tertiary/aromatic N) is 1. The Morgan fingerprint density at radius 1 is 0.327 bits per heavy atom. The molecule has 0 saturated heterocycles. The summed E-state index contributed by atoms with van der Waals surface area (Å²) in [6, 6.07) is 72.9. The van der Waals surface area contributed by atoms with Crippen LogP contribution in [0.25, 0.3) is 75.1 Å². The number of hydrogen-bond acceptors (Lipinski definition) is 2. The van der Waals surface area contributed by atoms with E-state index in [1.807, 2.05) is 11.3 Å². The van der Waals surface area contributed by atoms with Gasteiger partial charge in [-0.05, 0) is 97.9 Å². The molecule has 0 N–H and O–H groups in total. The van der Waals surface area contributed by atoms with Gasteiger partial charge in [-0.1, -0.05) is 152 Å². The predicted molar refractivity (Wildman–Crippen MR) is 225 cm³/mol. The number of benzene rings is 9. The highest BCUT2D eigenvalue weighted by Gasteiger charge is 2.18. The predicted octanol–water partition coefficient (Wildman–Crippen LogP) is 14.8. The van der Waals surface area contributed by atoms with Crippen LogP contribution in [0.3, 0.4) is 0 Å². The van der Waals surface area contributed by atoms with E-state index in [2.05, 4.69) is 205 Å². The summed E-state index contributed by atoms with van der Waals surface area (Å²) in [5, 5.41) is 7.78. The molecule has 0 aliphatic rings. The van der Waals surface area contributed by atoms with Gasteiger partial charge in [-0.3, -0.25) is 0 Å². The minimum Gasteiger partial charge on any atom is -0.310 e. The van der Waals surface area contributed by atoms with Crippen molar-refractivity contribution in [2.24, 2.45) is 0 Å². The standard InChI is InChI=1S/C50H33NS/c1-2-11-36(12-3-1)44-16-6-8-19-47(44)51(41-30-25-37(26-31-41)43-18-10-14-35-13-4-5-15-42(35)43)40-28-23-34(24-29-40)39-22-21-38-27-32-49-50(46(38)33-39)45-17-7-9-20-48(45)52-49/h1-33H. The number of para-hydroxylation sites is 1. The lowest BCUT2D eigenvalue weighted by Crippen LogP contribution is -2.11. The Hall–Kier alpha value is -6.48. The van der Waals surface area contributed by atoms with Crippen molar-refractivity contribution >= 4 is 70.1 Å². The molecule has 0 aliphatic heterocycles. The van der Waals surface area contributed by atoms with Gasteiger partial charge >= 0.3 is 0 Å². The molecular weight excluding hydrogens is 647 g/mol. The van der Waals surface area contributed by atoms with Crippen LogP contribution in [0.15, 0.2) is 200 Å². The summed E-state index contributed by atoms with van der Waals surface area (Å²) in [6.07, 6.45) is 0. The summed E-state index contributed by atoms with van der Waals surface area (Å²) >= 11 is 1.87. The monoisotopic (exact) mass is 679 g/mol. The lowest BCUT2D eigenvalue weighted by atomic mass is 9.97. The van der Waals surface area contributed by atoms with E-state index in [1.165, 1.54) is 75.1 Å². The van der Waals surface area contributed by atoms with E-state index in [9.17, 15) is 0 Å². The summed E-state index contributed by atoms with van der Waals surface area (Å²) in [5.41, 5.74) is 10.6. The van der Waals surface area contributed by atoms with E-state index in [4.69, 9.17) is 0 Å². The van der Waals surface area contributed by atoms with E-state index in [0.717, 1.165) is 17.1 Å². The molecule has 0 unspecified atom stereocenters. The van der Waals surface area contributed by atoms with Gasteiger partial charge < -0.3 is 4.90 Å². The highest BCUT2D eigenvalue weighted by atomic mass is 32.1. The molecule has 0 aliphatic carbocycles. The molecule has 0 fully saturated rings. The van der Waals surface area contributed by atoms with Crippen LogP contribution in [-0.4, -0.2) is 0 Å². The van der Waals surface area contributed by atoms with Crippen molar-refractivity contribution < 1.29 is 0 Å². The Kier molecular flexibility index (Phi) is 7.41. The van der Waals surface area contributed by atoms with Crippen LogP contribution in [0, 0.1) is 0 Å². The van der Waals surface area contributed by atoms with E-state index < -0.39 is 0 Å². The Morgan fingerprint density at radius 3 is 1.73 bits per heavy atom. The molecule has 0 spiro atoms. The molecule has 1 heterocycles. The maximum atomic E-state index is 2.39. The average Bonchev–Trinajstić information content (AvgIpc) is 3.61. The van der Waals surface area contributed by atoms with Gasteiger partial charge in [0.15, 0.2) is 0 Å². The van der Waals surface area contributed by atoms with Crippen molar-refractivity contribution in [1.82, 2.24) is 0 Å². The molecule has 2 heteroatoms. The normalized spacial score (nSPS) is 11.5. The zero-order chi connectivity index (χ0) is 34.4. The van der Waals surface area contributed by atoms with Crippen molar-refractivity contribution in [3.05, 3.63) is 200 Å². The summed E-state index contributed by atoms with van der Waals surface area (Å²) in [4.78, 5) is 2.39. The first-order valence-corrected chi connectivity index (χ1v) is 18.6. The molecule has 10 aromatic rings. The molecule has 0 radical (unpaired) electrons. The summed E-state index contributed by atoms with van der Waals surface area (Å²) < 4.78 is 2.67. The van der Waals surface area contributed by atoms with Crippen molar-refractivity contribution in [2.45, 2.75) is 0 Å². The maximum Gasteiger partial charge on any atom is 0.0540 e. The second-order valence-corrected chi connectivity index (χ2v) is 14.4. The van der Waals surface area contributed by atoms with Crippen LogP contribution in [0.1, 0.15) is 0 Å². The fourth-order valence-corrected chi connectivity index (χ4v) is 8.87. The minimum atomic E-state index is 1.11. The molecule has 9 aromatic carbocycles. The van der Waals surface area contributed by atoms with E-state index in [-0.39, 0.29) is 0 Å². The van der Waals surface area contributed by atoms with Crippen LogP contribution in [0.4, 0.5) is 17.1 Å². The topological polar surface area (TPSA) is 3.24 Å². The maximum absolute atomic E-state index is 2.39. The van der Waals surface area contributed by atoms with Gasteiger partial charge in [0, 0.05) is 37.1 Å².